The second-order valence-electron chi connectivity index (χ2n) is 8.70. The van der Waals surface area contributed by atoms with Crippen LogP contribution in [0.15, 0.2) is 77.3 Å². The second kappa shape index (κ2) is 12.8. The molecule has 36 heavy (non-hydrogen) atoms. The lowest BCUT2D eigenvalue weighted by molar-refractivity contribution is -0.118. The Morgan fingerprint density at radius 2 is 1.72 bits per heavy atom. The van der Waals surface area contributed by atoms with E-state index in [1.165, 1.54) is 5.56 Å². The van der Waals surface area contributed by atoms with E-state index in [2.05, 4.69) is 63.3 Å². The van der Waals surface area contributed by atoms with Crippen molar-refractivity contribution in [2.45, 2.75) is 12.8 Å². The second-order valence-corrected chi connectivity index (χ2v) is 10.6. The SMILES string of the molecule is Cl.O=C(Cc1ccc(-c2ccccc2)cc1)N(CCCN1CCOCC1)c1nc2ccc(Br)cc2s1. The van der Waals surface area contributed by atoms with Crippen LogP contribution >= 0.6 is 39.7 Å². The van der Waals surface area contributed by atoms with E-state index in [1.54, 1.807) is 11.3 Å². The number of fused-ring (bicyclic) bond motifs is 1. The average Bonchev–Trinajstić information content (AvgIpc) is 3.31. The number of nitrogens with zero attached hydrogens (tertiary/aromatic N) is 3. The van der Waals surface area contributed by atoms with Crippen molar-refractivity contribution >= 4 is 60.9 Å². The molecule has 1 aromatic heterocycles. The number of carbonyl (C=O) groups excluding carboxylic acids is 1. The number of ether oxygens (including phenoxy) is 1. The molecule has 0 radical (unpaired) electrons. The Balaban J connectivity index is 0.00000304. The lowest BCUT2D eigenvalue weighted by atomic mass is 10.0. The lowest BCUT2D eigenvalue weighted by Crippen LogP contribution is -2.39. The van der Waals surface area contributed by atoms with Crippen molar-refractivity contribution in [1.82, 2.24) is 9.88 Å². The van der Waals surface area contributed by atoms with Crippen LogP contribution in [0, 0.1) is 0 Å². The molecule has 5 rings (SSSR count). The van der Waals surface area contributed by atoms with Gasteiger partial charge in [-0.1, -0.05) is 81.9 Å². The highest BCUT2D eigenvalue weighted by molar-refractivity contribution is 9.10. The average molecular weight is 587 g/mol. The number of hydrogen-bond donors (Lipinski definition) is 0. The van der Waals surface area contributed by atoms with Gasteiger partial charge in [-0.15, -0.1) is 12.4 Å². The van der Waals surface area contributed by atoms with Gasteiger partial charge in [0.05, 0.1) is 29.9 Å². The van der Waals surface area contributed by atoms with Crippen LogP contribution in [0.25, 0.3) is 21.3 Å². The number of morpholine rings is 1. The third kappa shape index (κ3) is 6.72. The van der Waals surface area contributed by atoms with E-state index in [-0.39, 0.29) is 18.3 Å². The van der Waals surface area contributed by atoms with Gasteiger partial charge in [0.1, 0.15) is 0 Å². The van der Waals surface area contributed by atoms with E-state index in [9.17, 15) is 4.79 Å². The van der Waals surface area contributed by atoms with Crippen molar-refractivity contribution in [3.8, 4) is 11.1 Å². The fourth-order valence-electron chi connectivity index (χ4n) is 4.32. The maximum atomic E-state index is 13.5. The van der Waals surface area contributed by atoms with Crippen molar-refractivity contribution in [3.05, 3.63) is 82.8 Å². The smallest absolute Gasteiger partial charge is 0.233 e. The van der Waals surface area contributed by atoms with Gasteiger partial charge < -0.3 is 4.74 Å². The highest BCUT2D eigenvalue weighted by atomic mass is 79.9. The zero-order valence-corrected chi connectivity index (χ0v) is 23.2. The summed E-state index contributed by atoms with van der Waals surface area (Å²) in [5.41, 5.74) is 4.26. The zero-order valence-electron chi connectivity index (χ0n) is 19.9. The molecule has 1 aliphatic rings. The monoisotopic (exact) mass is 585 g/mol. The van der Waals surface area contributed by atoms with Gasteiger partial charge in [0.25, 0.3) is 0 Å². The fraction of sp³-hybridized carbons (Fsp3) is 0.286. The minimum absolute atomic E-state index is 0. The molecule has 3 aromatic carbocycles. The summed E-state index contributed by atoms with van der Waals surface area (Å²) in [6.45, 7) is 5.09. The molecule has 0 bridgehead atoms. The topological polar surface area (TPSA) is 45.7 Å². The van der Waals surface area contributed by atoms with Crippen molar-refractivity contribution < 1.29 is 9.53 Å². The van der Waals surface area contributed by atoms with E-state index >= 15 is 0 Å². The Kier molecular flexibility index (Phi) is 9.51. The molecule has 2 heterocycles. The van der Waals surface area contributed by atoms with Crippen LogP contribution < -0.4 is 4.90 Å². The summed E-state index contributed by atoms with van der Waals surface area (Å²) in [6, 6.07) is 24.7. The summed E-state index contributed by atoms with van der Waals surface area (Å²) in [7, 11) is 0. The van der Waals surface area contributed by atoms with Crippen LogP contribution in [0.3, 0.4) is 0 Å². The van der Waals surface area contributed by atoms with Crippen LogP contribution in [0.5, 0.6) is 0 Å². The molecule has 8 heteroatoms. The Hall–Kier alpha value is -2.29. The van der Waals surface area contributed by atoms with Crippen molar-refractivity contribution in [2.75, 3.05) is 44.3 Å². The van der Waals surface area contributed by atoms with Gasteiger partial charge in [-0.25, -0.2) is 4.98 Å². The number of halogens is 2. The van der Waals surface area contributed by atoms with Crippen LogP contribution in [-0.2, 0) is 16.0 Å². The third-order valence-corrected chi connectivity index (χ3v) is 7.78. The Labute approximate surface area is 230 Å². The first-order valence-corrected chi connectivity index (χ1v) is 13.6. The maximum Gasteiger partial charge on any atom is 0.233 e. The van der Waals surface area contributed by atoms with Crippen molar-refractivity contribution in [1.29, 1.82) is 0 Å². The standard InChI is InChI=1S/C28H28BrN3O2S.ClH/c29-24-11-12-25-26(20-24)35-28(30-25)32(14-4-13-31-15-17-34-18-16-31)27(33)19-21-7-9-23(10-8-21)22-5-2-1-3-6-22;/h1-3,5-12,20H,4,13-19H2;1H. The number of anilines is 1. The van der Waals surface area contributed by atoms with Gasteiger partial charge in [0.15, 0.2) is 5.13 Å². The summed E-state index contributed by atoms with van der Waals surface area (Å²) in [5, 5.41) is 0.769. The summed E-state index contributed by atoms with van der Waals surface area (Å²) < 4.78 is 7.56. The molecule has 0 unspecified atom stereocenters. The van der Waals surface area contributed by atoms with Crippen LogP contribution in [0.1, 0.15) is 12.0 Å². The van der Waals surface area contributed by atoms with Gasteiger partial charge in [-0.3, -0.25) is 14.6 Å². The van der Waals surface area contributed by atoms with E-state index in [0.29, 0.717) is 13.0 Å². The van der Waals surface area contributed by atoms with Gasteiger partial charge in [0, 0.05) is 30.7 Å². The first-order chi connectivity index (χ1) is 17.2. The molecular formula is C28H29BrClN3O2S. The number of thiazole rings is 1. The van der Waals surface area contributed by atoms with E-state index in [4.69, 9.17) is 9.72 Å². The molecule has 4 aromatic rings. The summed E-state index contributed by atoms with van der Waals surface area (Å²) in [5.74, 6) is 0.0811. The third-order valence-electron chi connectivity index (χ3n) is 6.25. The highest BCUT2D eigenvalue weighted by Crippen LogP contribution is 2.31. The van der Waals surface area contributed by atoms with Crippen LogP contribution in [0.4, 0.5) is 5.13 Å². The number of benzene rings is 3. The normalized spacial score (nSPS) is 13.9. The predicted molar refractivity (Wildman–Crippen MR) is 154 cm³/mol. The van der Waals surface area contributed by atoms with Crippen molar-refractivity contribution in [3.63, 3.8) is 0 Å². The molecular weight excluding hydrogens is 558 g/mol. The van der Waals surface area contributed by atoms with E-state index < -0.39 is 0 Å². The number of hydrogen-bond acceptors (Lipinski definition) is 5. The molecule has 0 atom stereocenters. The Morgan fingerprint density at radius 3 is 2.47 bits per heavy atom. The van der Waals surface area contributed by atoms with Gasteiger partial charge in [-0.2, -0.15) is 0 Å². The summed E-state index contributed by atoms with van der Waals surface area (Å²) in [6.07, 6.45) is 1.25. The Bertz CT molecular complexity index is 1280. The Morgan fingerprint density at radius 1 is 1.00 bits per heavy atom. The molecule has 0 aliphatic carbocycles. The summed E-state index contributed by atoms with van der Waals surface area (Å²) in [4.78, 5) is 22.6. The van der Waals surface area contributed by atoms with Crippen molar-refractivity contribution in [2.24, 2.45) is 0 Å². The number of carbonyl (C=O) groups is 1. The molecule has 188 valence electrons. The highest BCUT2D eigenvalue weighted by Gasteiger charge is 2.21. The van der Waals surface area contributed by atoms with Gasteiger partial charge >= 0.3 is 0 Å². The number of rotatable bonds is 8. The molecule has 1 saturated heterocycles. The predicted octanol–water partition coefficient (Wildman–Crippen LogP) is 6.45. The van der Waals surface area contributed by atoms with Crippen LogP contribution in [-0.4, -0.2) is 55.2 Å². The zero-order chi connectivity index (χ0) is 24.0. The van der Waals surface area contributed by atoms with Gasteiger partial charge in [0.2, 0.25) is 5.91 Å². The van der Waals surface area contributed by atoms with E-state index in [0.717, 1.165) is 70.2 Å². The van der Waals surface area contributed by atoms with Gasteiger partial charge in [-0.05, 0) is 41.3 Å². The minimum atomic E-state index is 0. The fourth-order valence-corrected chi connectivity index (χ4v) is 5.88. The first-order valence-electron chi connectivity index (χ1n) is 12.0. The number of aromatic nitrogens is 1. The van der Waals surface area contributed by atoms with E-state index in [1.807, 2.05) is 35.2 Å². The minimum Gasteiger partial charge on any atom is -0.379 e. The first kappa shape index (κ1) is 26.8. The number of amides is 1. The van der Waals surface area contributed by atoms with Crippen LogP contribution in [0.2, 0.25) is 0 Å². The largest absolute Gasteiger partial charge is 0.379 e. The molecule has 1 aliphatic heterocycles. The molecule has 5 nitrogen and oxygen atoms in total. The molecule has 0 saturated carbocycles. The lowest BCUT2D eigenvalue weighted by Gasteiger charge is -2.27. The molecule has 1 fully saturated rings. The molecule has 1 amide bonds. The molecule has 0 N–H and O–H groups in total. The quantitative estimate of drug-likeness (QED) is 0.238. The molecule has 0 spiro atoms. The summed E-state index contributed by atoms with van der Waals surface area (Å²) >= 11 is 5.12. The maximum absolute atomic E-state index is 13.5.